The van der Waals surface area contributed by atoms with Crippen LogP contribution in [0.4, 0.5) is 0 Å². The monoisotopic (exact) mass is 464 g/mol. The van der Waals surface area contributed by atoms with Crippen molar-refractivity contribution >= 4 is 35.8 Å². The van der Waals surface area contributed by atoms with E-state index in [9.17, 15) is 4.79 Å². The summed E-state index contributed by atoms with van der Waals surface area (Å²) in [5.41, 5.74) is 0. The molecule has 2 fully saturated rings. The van der Waals surface area contributed by atoms with Gasteiger partial charge in [-0.25, -0.2) is 0 Å². The molecule has 5 nitrogen and oxygen atoms in total. The number of aliphatic imine (C=N–C) groups is 1. The molecule has 25 heavy (non-hydrogen) atoms. The summed E-state index contributed by atoms with van der Waals surface area (Å²) in [6.45, 7) is 11.4. The molecule has 0 spiro atoms. The van der Waals surface area contributed by atoms with Crippen molar-refractivity contribution < 1.29 is 4.79 Å². The Balaban J connectivity index is 0.00000312. The summed E-state index contributed by atoms with van der Waals surface area (Å²) in [6.07, 6.45) is 6.06. The van der Waals surface area contributed by atoms with Crippen LogP contribution >= 0.6 is 24.0 Å². The van der Waals surface area contributed by atoms with Crippen molar-refractivity contribution in [3.8, 4) is 0 Å². The van der Waals surface area contributed by atoms with Crippen LogP contribution < -0.4 is 5.32 Å². The van der Waals surface area contributed by atoms with Crippen LogP contribution in [0.25, 0.3) is 0 Å². The van der Waals surface area contributed by atoms with E-state index in [1.807, 2.05) is 11.9 Å². The zero-order valence-electron chi connectivity index (χ0n) is 16.5. The third-order valence-corrected chi connectivity index (χ3v) is 6.06. The number of hydrogen-bond acceptors (Lipinski definition) is 2. The first kappa shape index (κ1) is 22.5. The van der Waals surface area contributed by atoms with Crippen molar-refractivity contribution in [2.45, 2.75) is 52.9 Å². The Bertz CT molecular complexity index is 431. The summed E-state index contributed by atoms with van der Waals surface area (Å²) in [7, 11) is 1.89. The smallest absolute Gasteiger partial charge is 0.219 e. The number of likely N-dealkylation sites (tertiary alicyclic amines) is 2. The molecule has 0 aliphatic carbocycles. The van der Waals surface area contributed by atoms with E-state index >= 15 is 0 Å². The zero-order chi connectivity index (χ0) is 17.5. The van der Waals surface area contributed by atoms with E-state index in [1.165, 1.54) is 19.3 Å². The maximum Gasteiger partial charge on any atom is 0.219 e. The number of nitrogens with one attached hydrogen (secondary N) is 1. The second-order valence-electron chi connectivity index (χ2n) is 7.45. The molecular formula is C19H37IN4O. The van der Waals surface area contributed by atoms with Crippen molar-refractivity contribution in [1.29, 1.82) is 0 Å². The zero-order valence-corrected chi connectivity index (χ0v) is 18.8. The summed E-state index contributed by atoms with van der Waals surface area (Å²) >= 11 is 0. The van der Waals surface area contributed by atoms with E-state index in [0.29, 0.717) is 5.92 Å². The van der Waals surface area contributed by atoms with Crippen molar-refractivity contribution in [2.75, 3.05) is 39.8 Å². The highest BCUT2D eigenvalue weighted by Gasteiger charge is 2.29. The minimum absolute atomic E-state index is 0. The number of hydrogen-bond donors (Lipinski definition) is 1. The summed E-state index contributed by atoms with van der Waals surface area (Å²) in [5.74, 6) is 3.59. The molecule has 6 heteroatoms. The number of nitrogens with zero attached hydrogens (tertiary/aromatic N) is 3. The van der Waals surface area contributed by atoms with Gasteiger partial charge in [0.05, 0.1) is 0 Å². The molecule has 0 saturated carbocycles. The number of carbonyl (C=O) groups excluding carboxylic acids is 1. The second kappa shape index (κ2) is 11.2. The molecule has 0 radical (unpaired) electrons. The van der Waals surface area contributed by atoms with Gasteiger partial charge in [0.2, 0.25) is 5.91 Å². The van der Waals surface area contributed by atoms with Gasteiger partial charge in [-0.2, -0.15) is 0 Å². The van der Waals surface area contributed by atoms with Gasteiger partial charge < -0.3 is 15.1 Å². The number of guanidine groups is 1. The van der Waals surface area contributed by atoms with Gasteiger partial charge >= 0.3 is 0 Å². The highest BCUT2D eigenvalue weighted by molar-refractivity contribution is 14.0. The van der Waals surface area contributed by atoms with E-state index in [-0.39, 0.29) is 29.9 Å². The standard InChI is InChI=1S/C19H36N4O.HI/c1-5-17(6-2)18-9-12-23(14-18)19(20-4)21-13-16-7-10-22(11-8-16)15(3)24;/h16-18H,5-14H2,1-4H3,(H,20,21);1H. The molecule has 0 aromatic rings. The molecule has 1 N–H and O–H groups in total. The van der Waals surface area contributed by atoms with Gasteiger partial charge in [0.15, 0.2) is 5.96 Å². The fourth-order valence-electron chi connectivity index (χ4n) is 4.34. The highest BCUT2D eigenvalue weighted by Crippen LogP contribution is 2.28. The predicted octanol–water partition coefficient (Wildman–Crippen LogP) is 3.20. The second-order valence-corrected chi connectivity index (χ2v) is 7.45. The third-order valence-electron chi connectivity index (χ3n) is 6.06. The quantitative estimate of drug-likeness (QED) is 0.386. The lowest BCUT2D eigenvalue weighted by Crippen LogP contribution is -2.45. The summed E-state index contributed by atoms with van der Waals surface area (Å²) in [6, 6.07) is 0. The Kier molecular flexibility index (Phi) is 10.1. The number of carbonyl (C=O) groups is 1. The Hall–Kier alpha value is -0.530. The van der Waals surface area contributed by atoms with Gasteiger partial charge in [0.1, 0.15) is 0 Å². The average molecular weight is 464 g/mol. The van der Waals surface area contributed by atoms with Gasteiger partial charge in [-0.3, -0.25) is 9.79 Å². The van der Waals surface area contributed by atoms with Crippen molar-refractivity contribution in [3.63, 3.8) is 0 Å². The molecule has 2 heterocycles. The van der Waals surface area contributed by atoms with Crippen LogP contribution in [-0.4, -0.2) is 61.4 Å². The van der Waals surface area contributed by atoms with Crippen LogP contribution in [0.15, 0.2) is 4.99 Å². The summed E-state index contributed by atoms with van der Waals surface area (Å²) in [5, 5.41) is 3.59. The van der Waals surface area contributed by atoms with E-state index < -0.39 is 0 Å². The van der Waals surface area contributed by atoms with E-state index in [0.717, 1.165) is 63.4 Å². The number of piperidine rings is 1. The maximum atomic E-state index is 11.4. The minimum Gasteiger partial charge on any atom is -0.356 e. The lowest BCUT2D eigenvalue weighted by molar-refractivity contribution is -0.130. The molecule has 2 saturated heterocycles. The van der Waals surface area contributed by atoms with Gasteiger partial charge in [-0.1, -0.05) is 26.7 Å². The van der Waals surface area contributed by atoms with Crippen LogP contribution in [0.3, 0.4) is 0 Å². The van der Waals surface area contributed by atoms with Crippen molar-refractivity contribution in [2.24, 2.45) is 22.7 Å². The lowest BCUT2D eigenvalue weighted by Gasteiger charge is -2.32. The molecule has 2 aliphatic rings. The van der Waals surface area contributed by atoms with Gasteiger partial charge in [0.25, 0.3) is 0 Å². The van der Waals surface area contributed by atoms with Crippen molar-refractivity contribution in [3.05, 3.63) is 0 Å². The van der Waals surface area contributed by atoms with Gasteiger partial charge in [-0.15, -0.1) is 24.0 Å². The lowest BCUT2D eigenvalue weighted by atomic mass is 9.87. The van der Waals surface area contributed by atoms with Crippen LogP contribution in [-0.2, 0) is 4.79 Å². The first-order chi connectivity index (χ1) is 11.6. The van der Waals surface area contributed by atoms with Crippen LogP contribution in [0.1, 0.15) is 52.9 Å². The molecule has 1 unspecified atom stereocenters. The summed E-state index contributed by atoms with van der Waals surface area (Å²) < 4.78 is 0. The van der Waals surface area contributed by atoms with Crippen LogP contribution in [0.2, 0.25) is 0 Å². The molecule has 0 aromatic carbocycles. The molecule has 1 amide bonds. The highest BCUT2D eigenvalue weighted by atomic mass is 127. The van der Waals surface area contributed by atoms with E-state index in [1.54, 1.807) is 6.92 Å². The maximum absolute atomic E-state index is 11.4. The fourth-order valence-corrected chi connectivity index (χ4v) is 4.34. The summed E-state index contributed by atoms with van der Waals surface area (Å²) in [4.78, 5) is 20.3. The molecule has 146 valence electrons. The normalized spacial score (nSPS) is 22.3. The minimum atomic E-state index is 0. The number of amides is 1. The molecule has 2 rings (SSSR count). The Morgan fingerprint density at radius 3 is 2.24 bits per heavy atom. The Morgan fingerprint density at radius 1 is 1.12 bits per heavy atom. The predicted molar refractivity (Wildman–Crippen MR) is 116 cm³/mol. The van der Waals surface area contributed by atoms with Gasteiger partial charge in [-0.05, 0) is 37.0 Å². The Labute approximate surface area is 171 Å². The van der Waals surface area contributed by atoms with Crippen LogP contribution in [0.5, 0.6) is 0 Å². The molecular weight excluding hydrogens is 427 g/mol. The number of halogens is 1. The van der Waals surface area contributed by atoms with E-state index in [2.05, 4.69) is 29.1 Å². The average Bonchev–Trinajstić information content (AvgIpc) is 3.07. The van der Waals surface area contributed by atoms with Crippen molar-refractivity contribution in [1.82, 2.24) is 15.1 Å². The molecule has 0 bridgehead atoms. The molecule has 0 aromatic heterocycles. The van der Waals surface area contributed by atoms with E-state index in [4.69, 9.17) is 0 Å². The SMILES string of the molecule is CCC(CC)C1CCN(C(=NC)NCC2CCN(C(C)=O)CC2)C1.I. The van der Waals surface area contributed by atoms with Crippen LogP contribution in [0, 0.1) is 17.8 Å². The largest absolute Gasteiger partial charge is 0.356 e. The third kappa shape index (κ3) is 6.29. The number of rotatable bonds is 5. The van der Waals surface area contributed by atoms with Gasteiger partial charge in [0, 0.05) is 46.7 Å². The molecule has 1 atom stereocenters. The Morgan fingerprint density at radius 2 is 1.72 bits per heavy atom. The topological polar surface area (TPSA) is 47.9 Å². The molecule has 2 aliphatic heterocycles. The fraction of sp³-hybridized carbons (Fsp3) is 0.895. The first-order valence-corrected chi connectivity index (χ1v) is 9.80. The first-order valence-electron chi connectivity index (χ1n) is 9.80.